The van der Waals surface area contributed by atoms with E-state index in [-0.39, 0.29) is 5.91 Å². The zero-order valence-corrected chi connectivity index (χ0v) is 12.2. The third-order valence-electron chi connectivity index (χ3n) is 4.34. The van der Waals surface area contributed by atoms with E-state index in [2.05, 4.69) is 15.2 Å². The molecular formula is C15H22N4O. The van der Waals surface area contributed by atoms with Crippen molar-refractivity contribution in [2.75, 3.05) is 32.5 Å². The van der Waals surface area contributed by atoms with Crippen molar-refractivity contribution >= 4 is 11.6 Å². The summed E-state index contributed by atoms with van der Waals surface area (Å²) in [6.45, 7) is 2.43. The highest BCUT2D eigenvalue weighted by Gasteiger charge is 2.36. The minimum atomic E-state index is -0.0532. The molecule has 1 aromatic heterocycles. The van der Waals surface area contributed by atoms with Gasteiger partial charge >= 0.3 is 0 Å². The maximum absolute atomic E-state index is 11.9. The van der Waals surface area contributed by atoms with Gasteiger partial charge in [-0.25, -0.2) is 0 Å². The highest BCUT2D eigenvalue weighted by Crippen LogP contribution is 2.30. The number of carbonyl (C=O) groups excluding carboxylic acids is 1. The molecule has 2 aliphatic rings. The fourth-order valence-electron chi connectivity index (χ4n) is 3.33. The molecule has 3 heterocycles. The number of hydrogen-bond acceptors (Lipinski definition) is 4. The van der Waals surface area contributed by atoms with Crippen LogP contribution in [0.2, 0.25) is 0 Å². The number of aromatic nitrogens is 1. The molecule has 108 valence electrons. The molecule has 5 nitrogen and oxygen atoms in total. The number of fused-ring (bicyclic) bond motifs is 1. The van der Waals surface area contributed by atoms with Crippen LogP contribution in [0.25, 0.3) is 0 Å². The van der Waals surface area contributed by atoms with E-state index in [1.807, 2.05) is 12.1 Å². The van der Waals surface area contributed by atoms with Gasteiger partial charge in [0.05, 0.1) is 0 Å². The van der Waals surface area contributed by atoms with Gasteiger partial charge in [-0.05, 0) is 37.9 Å². The summed E-state index contributed by atoms with van der Waals surface area (Å²) in [6, 6.07) is 4.97. The minimum absolute atomic E-state index is 0.0532. The first-order chi connectivity index (χ1) is 9.65. The van der Waals surface area contributed by atoms with Crippen LogP contribution in [0.4, 0.5) is 5.69 Å². The molecule has 20 heavy (non-hydrogen) atoms. The number of pyridine rings is 1. The lowest BCUT2D eigenvalue weighted by molar-refractivity contribution is 0.0822. The third kappa shape index (κ3) is 2.50. The van der Waals surface area contributed by atoms with Gasteiger partial charge in [0.25, 0.3) is 5.91 Å². The second-order valence-electron chi connectivity index (χ2n) is 5.91. The summed E-state index contributed by atoms with van der Waals surface area (Å²) in [5.41, 5.74) is 1.50. The van der Waals surface area contributed by atoms with Gasteiger partial charge in [-0.15, -0.1) is 0 Å². The Balaban J connectivity index is 1.71. The standard InChI is InChI=1S/C15H22N4O/c1-18(2)15(20)13-10-11(5-7-16-13)17-12-6-9-19-8-3-4-14(12)19/h5,7,10,12,14H,3-4,6,8-9H2,1-2H3,(H,16,17). The van der Waals surface area contributed by atoms with Crippen molar-refractivity contribution in [2.24, 2.45) is 0 Å². The first-order valence-corrected chi connectivity index (χ1v) is 7.33. The van der Waals surface area contributed by atoms with Crippen LogP contribution in [0.3, 0.4) is 0 Å². The normalized spacial score (nSPS) is 25.5. The first-order valence-electron chi connectivity index (χ1n) is 7.33. The smallest absolute Gasteiger partial charge is 0.272 e. The highest BCUT2D eigenvalue weighted by atomic mass is 16.2. The molecule has 1 amide bonds. The van der Waals surface area contributed by atoms with Crippen LogP contribution in [0.1, 0.15) is 29.8 Å². The predicted octanol–water partition coefficient (Wildman–Crippen LogP) is 1.43. The lowest BCUT2D eigenvalue weighted by atomic mass is 10.1. The summed E-state index contributed by atoms with van der Waals surface area (Å²) in [5.74, 6) is -0.0532. The van der Waals surface area contributed by atoms with E-state index in [1.165, 1.54) is 32.4 Å². The van der Waals surface area contributed by atoms with Crippen molar-refractivity contribution in [3.8, 4) is 0 Å². The highest BCUT2D eigenvalue weighted by molar-refractivity contribution is 5.92. The van der Waals surface area contributed by atoms with Gasteiger partial charge in [-0.3, -0.25) is 14.7 Å². The van der Waals surface area contributed by atoms with Crippen LogP contribution < -0.4 is 5.32 Å². The van der Waals surface area contributed by atoms with Crippen LogP contribution >= 0.6 is 0 Å². The Morgan fingerprint density at radius 1 is 1.40 bits per heavy atom. The molecule has 0 spiro atoms. The van der Waals surface area contributed by atoms with Crippen molar-refractivity contribution in [1.29, 1.82) is 0 Å². The van der Waals surface area contributed by atoms with Crippen molar-refractivity contribution in [2.45, 2.75) is 31.3 Å². The van der Waals surface area contributed by atoms with Crippen LogP contribution in [-0.2, 0) is 0 Å². The molecule has 0 bridgehead atoms. The Labute approximate surface area is 120 Å². The van der Waals surface area contributed by atoms with Gasteiger partial charge in [0, 0.05) is 44.6 Å². The van der Waals surface area contributed by atoms with Gasteiger partial charge in [-0.2, -0.15) is 0 Å². The third-order valence-corrected chi connectivity index (χ3v) is 4.34. The molecule has 2 saturated heterocycles. The van der Waals surface area contributed by atoms with Crippen LogP contribution in [0.5, 0.6) is 0 Å². The van der Waals surface area contributed by atoms with Crippen molar-refractivity contribution in [3.63, 3.8) is 0 Å². The van der Waals surface area contributed by atoms with Gasteiger partial charge in [-0.1, -0.05) is 0 Å². The van der Waals surface area contributed by atoms with Crippen LogP contribution in [0, 0.1) is 0 Å². The maximum Gasteiger partial charge on any atom is 0.272 e. The van der Waals surface area contributed by atoms with Gasteiger partial charge in [0.15, 0.2) is 0 Å². The van der Waals surface area contributed by atoms with E-state index >= 15 is 0 Å². The van der Waals surface area contributed by atoms with Gasteiger partial charge in [0.1, 0.15) is 5.69 Å². The molecule has 2 unspecified atom stereocenters. The Morgan fingerprint density at radius 2 is 2.25 bits per heavy atom. The summed E-state index contributed by atoms with van der Waals surface area (Å²) in [7, 11) is 3.50. The number of hydrogen-bond donors (Lipinski definition) is 1. The molecule has 2 aliphatic heterocycles. The van der Waals surface area contributed by atoms with Crippen molar-refractivity contribution in [1.82, 2.24) is 14.8 Å². The zero-order valence-electron chi connectivity index (χ0n) is 12.2. The fourth-order valence-corrected chi connectivity index (χ4v) is 3.33. The Bertz CT molecular complexity index is 502. The largest absolute Gasteiger partial charge is 0.381 e. The van der Waals surface area contributed by atoms with E-state index < -0.39 is 0 Å². The molecular weight excluding hydrogens is 252 g/mol. The monoisotopic (exact) mass is 274 g/mol. The van der Waals surface area contributed by atoms with Crippen molar-refractivity contribution < 1.29 is 4.79 Å². The van der Waals surface area contributed by atoms with E-state index in [9.17, 15) is 4.79 Å². The second-order valence-corrected chi connectivity index (χ2v) is 5.91. The molecule has 1 N–H and O–H groups in total. The lowest BCUT2D eigenvalue weighted by Crippen LogP contribution is -2.33. The molecule has 0 radical (unpaired) electrons. The molecule has 0 saturated carbocycles. The van der Waals surface area contributed by atoms with Crippen molar-refractivity contribution in [3.05, 3.63) is 24.0 Å². The van der Waals surface area contributed by atoms with E-state index in [1.54, 1.807) is 25.2 Å². The maximum atomic E-state index is 11.9. The first kappa shape index (κ1) is 13.4. The molecule has 1 aromatic rings. The fraction of sp³-hybridized carbons (Fsp3) is 0.600. The summed E-state index contributed by atoms with van der Waals surface area (Å²) in [6.07, 6.45) is 5.49. The van der Waals surface area contributed by atoms with Gasteiger partial charge < -0.3 is 10.2 Å². The number of rotatable bonds is 3. The Kier molecular flexibility index (Phi) is 3.61. The lowest BCUT2D eigenvalue weighted by Gasteiger charge is -2.22. The molecule has 3 rings (SSSR count). The topological polar surface area (TPSA) is 48.5 Å². The second kappa shape index (κ2) is 5.40. The average Bonchev–Trinajstić information content (AvgIpc) is 3.03. The number of nitrogens with one attached hydrogen (secondary N) is 1. The summed E-state index contributed by atoms with van der Waals surface area (Å²) in [4.78, 5) is 20.2. The molecule has 2 fully saturated rings. The predicted molar refractivity (Wildman–Crippen MR) is 78.9 cm³/mol. The van der Waals surface area contributed by atoms with E-state index in [4.69, 9.17) is 0 Å². The average molecular weight is 274 g/mol. The summed E-state index contributed by atoms with van der Waals surface area (Å²) in [5, 5.41) is 3.59. The minimum Gasteiger partial charge on any atom is -0.381 e. The molecule has 2 atom stereocenters. The molecule has 5 heteroatoms. The quantitative estimate of drug-likeness (QED) is 0.906. The van der Waals surface area contributed by atoms with Crippen LogP contribution in [0.15, 0.2) is 18.3 Å². The number of nitrogens with zero attached hydrogens (tertiary/aromatic N) is 3. The van der Waals surface area contributed by atoms with E-state index in [0.717, 1.165) is 5.69 Å². The Morgan fingerprint density at radius 3 is 3.05 bits per heavy atom. The summed E-state index contributed by atoms with van der Waals surface area (Å²) >= 11 is 0. The SMILES string of the molecule is CN(C)C(=O)c1cc(NC2CCN3CCCC23)ccn1. The van der Waals surface area contributed by atoms with Gasteiger partial charge in [0.2, 0.25) is 0 Å². The zero-order chi connectivity index (χ0) is 14.1. The summed E-state index contributed by atoms with van der Waals surface area (Å²) < 4.78 is 0. The number of anilines is 1. The Hall–Kier alpha value is -1.62. The molecule has 0 aromatic carbocycles. The molecule has 0 aliphatic carbocycles. The number of amides is 1. The number of carbonyl (C=O) groups is 1. The van der Waals surface area contributed by atoms with E-state index in [0.29, 0.717) is 17.8 Å². The van der Waals surface area contributed by atoms with Crippen LogP contribution in [-0.4, -0.2) is 60.0 Å².